The van der Waals surface area contributed by atoms with Gasteiger partial charge in [-0.2, -0.15) is 0 Å². The van der Waals surface area contributed by atoms with Crippen LogP contribution in [-0.4, -0.2) is 26.7 Å². The molecule has 1 aromatic carbocycles. The third-order valence-electron chi connectivity index (χ3n) is 3.86. The second-order valence-corrected chi connectivity index (χ2v) is 5.93. The van der Waals surface area contributed by atoms with Crippen molar-refractivity contribution >= 4 is 5.91 Å². The monoisotopic (exact) mass is 293 g/mol. The minimum absolute atomic E-state index is 0.110. The third kappa shape index (κ3) is 4.66. The molecule has 0 aliphatic rings. The van der Waals surface area contributed by atoms with Gasteiger partial charge in [-0.15, -0.1) is 0 Å². The van der Waals surface area contributed by atoms with E-state index >= 15 is 0 Å². The van der Waals surface area contributed by atoms with Crippen LogP contribution in [0.3, 0.4) is 0 Å². The summed E-state index contributed by atoms with van der Waals surface area (Å²) in [4.78, 5) is 12.3. The summed E-state index contributed by atoms with van der Waals surface area (Å²) in [6, 6.07) is 5.21. The van der Waals surface area contributed by atoms with Crippen LogP contribution in [0.5, 0.6) is 11.5 Å². The topological polar surface area (TPSA) is 47.6 Å². The minimum Gasteiger partial charge on any atom is -0.497 e. The molecular weight excluding hydrogens is 266 g/mol. The molecule has 0 atom stereocenters. The normalized spacial score (nSPS) is 11.1. The maximum Gasteiger partial charge on any atom is 0.255 e. The van der Waals surface area contributed by atoms with Crippen molar-refractivity contribution < 1.29 is 14.3 Å². The lowest BCUT2D eigenvalue weighted by atomic mass is 9.85. The van der Waals surface area contributed by atoms with Crippen LogP contribution in [0.4, 0.5) is 0 Å². The van der Waals surface area contributed by atoms with Gasteiger partial charge in [0.15, 0.2) is 0 Å². The fourth-order valence-electron chi connectivity index (χ4n) is 2.53. The maximum absolute atomic E-state index is 12.3. The molecule has 4 nitrogen and oxygen atoms in total. The van der Waals surface area contributed by atoms with E-state index in [2.05, 4.69) is 33.0 Å². The second kappa shape index (κ2) is 7.91. The Hall–Kier alpha value is -1.71. The molecule has 1 rings (SSSR count). The summed E-state index contributed by atoms with van der Waals surface area (Å²) in [5.41, 5.74) is 0.532. The second-order valence-electron chi connectivity index (χ2n) is 5.93. The Morgan fingerprint density at radius 1 is 1.10 bits per heavy atom. The lowest BCUT2D eigenvalue weighted by Gasteiger charge is -2.25. The summed E-state index contributed by atoms with van der Waals surface area (Å²) in [5, 5.41) is 3.01. The lowest BCUT2D eigenvalue weighted by Crippen LogP contribution is -2.34. The van der Waals surface area contributed by atoms with Crippen molar-refractivity contribution in [3.05, 3.63) is 23.8 Å². The first-order valence-electron chi connectivity index (χ1n) is 7.40. The van der Waals surface area contributed by atoms with Crippen LogP contribution >= 0.6 is 0 Å². The summed E-state index contributed by atoms with van der Waals surface area (Å²) in [5.74, 6) is 2.60. The number of nitrogens with one attached hydrogen (secondary N) is 1. The molecule has 0 bridgehead atoms. The molecule has 0 aromatic heterocycles. The van der Waals surface area contributed by atoms with Crippen molar-refractivity contribution in [2.75, 3.05) is 20.8 Å². The van der Waals surface area contributed by atoms with Crippen LogP contribution in [0.2, 0.25) is 0 Å². The van der Waals surface area contributed by atoms with Gasteiger partial charge in [0, 0.05) is 12.6 Å². The number of amides is 1. The molecule has 0 heterocycles. The first-order chi connectivity index (χ1) is 9.90. The molecule has 1 amide bonds. The van der Waals surface area contributed by atoms with E-state index in [1.807, 2.05) is 0 Å². The van der Waals surface area contributed by atoms with Crippen molar-refractivity contribution in [1.82, 2.24) is 5.32 Å². The molecule has 0 fully saturated rings. The van der Waals surface area contributed by atoms with Crippen molar-refractivity contribution in [2.24, 2.45) is 17.8 Å². The zero-order chi connectivity index (χ0) is 16.0. The Morgan fingerprint density at radius 3 is 2.19 bits per heavy atom. The Balaban J connectivity index is 2.80. The molecule has 4 heteroatoms. The molecule has 0 radical (unpaired) electrons. The van der Waals surface area contributed by atoms with Crippen molar-refractivity contribution in [3.8, 4) is 11.5 Å². The zero-order valence-electron chi connectivity index (χ0n) is 13.9. The molecule has 0 saturated carbocycles. The number of rotatable bonds is 7. The molecular formula is C17H27NO3. The number of carbonyl (C=O) groups is 1. The minimum atomic E-state index is -0.110. The molecule has 118 valence electrons. The number of ether oxygens (including phenoxy) is 2. The van der Waals surface area contributed by atoms with Gasteiger partial charge in [-0.1, -0.05) is 27.7 Å². The number of benzene rings is 1. The van der Waals surface area contributed by atoms with E-state index in [1.54, 1.807) is 32.4 Å². The summed E-state index contributed by atoms with van der Waals surface area (Å²) >= 11 is 0. The van der Waals surface area contributed by atoms with E-state index < -0.39 is 0 Å². The fourth-order valence-corrected chi connectivity index (χ4v) is 2.53. The van der Waals surface area contributed by atoms with Crippen LogP contribution in [0.25, 0.3) is 0 Å². The highest BCUT2D eigenvalue weighted by Crippen LogP contribution is 2.25. The van der Waals surface area contributed by atoms with Gasteiger partial charge >= 0.3 is 0 Å². The molecule has 21 heavy (non-hydrogen) atoms. The van der Waals surface area contributed by atoms with Gasteiger partial charge in [0.25, 0.3) is 5.91 Å². The number of hydrogen-bond acceptors (Lipinski definition) is 3. The highest BCUT2D eigenvalue weighted by atomic mass is 16.5. The zero-order valence-corrected chi connectivity index (χ0v) is 13.9. The summed E-state index contributed by atoms with van der Waals surface area (Å²) < 4.78 is 10.4. The van der Waals surface area contributed by atoms with E-state index in [9.17, 15) is 4.79 Å². The molecule has 1 aromatic rings. The predicted octanol–water partition coefficient (Wildman–Crippen LogP) is 3.36. The largest absolute Gasteiger partial charge is 0.497 e. The van der Waals surface area contributed by atoms with Gasteiger partial charge in [-0.3, -0.25) is 4.79 Å². The Morgan fingerprint density at radius 2 is 1.71 bits per heavy atom. The van der Waals surface area contributed by atoms with Crippen molar-refractivity contribution in [1.29, 1.82) is 0 Å². The fraction of sp³-hybridized carbons (Fsp3) is 0.588. The van der Waals surface area contributed by atoms with Gasteiger partial charge in [0.05, 0.1) is 19.8 Å². The van der Waals surface area contributed by atoms with E-state index in [1.165, 1.54) is 0 Å². The summed E-state index contributed by atoms with van der Waals surface area (Å²) in [7, 11) is 3.14. The average Bonchev–Trinajstić information content (AvgIpc) is 2.45. The summed E-state index contributed by atoms with van der Waals surface area (Å²) in [6.45, 7) is 9.41. The molecule has 1 N–H and O–H groups in total. The smallest absolute Gasteiger partial charge is 0.255 e. The molecule has 0 aliphatic carbocycles. The molecule has 0 unspecified atom stereocenters. The standard InChI is InChI=1S/C17H27NO3/c1-11(2)15(12(3)4)10-18-17(19)14-8-7-13(20-5)9-16(14)21-6/h7-9,11-12,15H,10H2,1-6H3,(H,18,19). The van der Waals surface area contributed by atoms with Gasteiger partial charge in [-0.05, 0) is 29.9 Å². The molecule has 0 spiro atoms. The van der Waals surface area contributed by atoms with E-state index in [0.717, 1.165) is 0 Å². The van der Waals surface area contributed by atoms with E-state index in [-0.39, 0.29) is 5.91 Å². The Kier molecular flexibility index (Phi) is 6.53. The summed E-state index contributed by atoms with van der Waals surface area (Å²) in [6.07, 6.45) is 0. The Labute approximate surface area is 127 Å². The van der Waals surface area contributed by atoms with Crippen molar-refractivity contribution in [2.45, 2.75) is 27.7 Å². The highest BCUT2D eigenvalue weighted by molar-refractivity contribution is 5.97. The van der Waals surface area contributed by atoms with Crippen LogP contribution in [0.1, 0.15) is 38.1 Å². The third-order valence-corrected chi connectivity index (χ3v) is 3.86. The van der Waals surface area contributed by atoms with E-state index in [0.29, 0.717) is 41.4 Å². The van der Waals surface area contributed by atoms with Crippen LogP contribution < -0.4 is 14.8 Å². The maximum atomic E-state index is 12.3. The van der Waals surface area contributed by atoms with E-state index in [4.69, 9.17) is 9.47 Å². The first-order valence-corrected chi connectivity index (χ1v) is 7.40. The lowest BCUT2D eigenvalue weighted by molar-refractivity contribution is 0.0934. The van der Waals surface area contributed by atoms with Gasteiger partial charge < -0.3 is 14.8 Å². The van der Waals surface area contributed by atoms with Gasteiger partial charge in [0.2, 0.25) is 0 Å². The first kappa shape index (κ1) is 17.3. The SMILES string of the molecule is COc1ccc(C(=O)NCC(C(C)C)C(C)C)c(OC)c1. The van der Waals surface area contributed by atoms with Crippen LogP contribution in [0, 0.1) is 17.8 Å². The van der Waals surface area contributed by atoms with Crippen LogP contribution in [0.15, 0.2) is 18.2 Å². The number of methoxy groups -OCH3 is 2. The van der Waals surface area contributed by atoms with Gasteiger partial charge in [-0.25, -0.2) is 0 Å². The number of carbonyl (C=O) groups excluding carboxylic acids is 1. The Bertz CT molecular complexity index is 461. The van der Waals surface area contributed by atoms with Crippen molar-refractivity contribution in [3.63, 3.8) is 0 Å². The number of hydrogen-bond donors (Lipinski definition) is 1. The quantitative estimate of drug-likeness (QED) is 0.838. The van der Waals surface area contributed by atoms with Crippen LogP contribution in [-0.2, 0) is 0 Å². The molecule has 0 saturated heterocycles. The van der Waals surface area contributed by atoms with Gasteiger partial charge in [0.1, 0.15) is 11.5 Å². The highest BCUT2D eigenvalue weighted by Gasteiger charge is 2.20. The average molecular weight is 293 g/mol. The molecule has 0 aliphatic heterocycles. The predicted molar refractivity (Wildman–Crippen MR) is 85.0 cm³/mol.